The lowest BCUT2D eigenvalue weighted by Gasteiger charge is -2.46. The van der Waals surface area contributed by atoms with Crippen LogP contribution in [-0.4, -0.2) is 65.4 Å². The van der Waals surface area contributed by atoms with Gasteiger partial charge in [0.05, 0.1) is 13.1 Å². The van der Waals surface area contributed by atoms with Gasteiger partial charge in [-0.25, -0.2) is 0 Å². The van der Waals surface area contributed by atoms with Crippen molar-refractivity contribution in [2.45, 2.75) is 24.8 Å². The summed E-state index contributed by atoms with van der Waals surface area (Å²) in [5.74, 6) is 0.631. The van der Waals surface area contributed by atoms with Crippen LogP contribution in [0.3, 0.4) is 0 Å². The summed E-state index contributed by atoms with van der Waals surface area (Å²) in [5.41, 5.74) is 4.26. The van der Waals surface area contributed by atoms with E-state index in [1.807, 2.05) is 4.90 Å². The number of likely N-dealkylation sites (tertiary alicyclic amines) is 1. The summed E-state index contributed by atoms with van der Waals surface area (Å²) >= 11 is 0. The average Bonchev–Trinajstić information content (AvgIpc) is 2.92. The van der Waals surface area contributed by atoms with Crippen LogP contribution in [0.1, 0.15) is 23.5 Å². The minimum Gasteiger partial charge on any atom is -0.350 e. The van der Waals surface area contributed by atoms with Gasteiger partial charge >= 0.3 is 0 Å². The van der Waals surface area contributed by atoms with Gasteiger partial charge in [-0.05, 0) is 43.0 Å². The van der Waals surface area contributed by atoms with Gasteiger partial charge in [-0.3, -0.25) is 19.8 Å². The predicted molar refractivity (Wildman–Crippen MR) is 103 cm³/mol. The zero-order valence-electron chi connectivity index (χ0n) is 15.9. The van der Waals surface area contributed by atoms with Crippen LogP contribution >= 0.6 is 0 Å². The zero-order chi connectivity index (χ0) is 18.7. The number of benzene rings is 1. The van der Waals surface area contributed by atoms with E-state index >= 15 is 0 Å². The van der Waals surface area contributed by atoms with Crippen molar-refractivity contribution in [1.29, 1.82) is 0 Å². The molecule has 2 saturated heterocycles. The van der Waals surface area contributed by atoms with E-state index in [9.17, 15) is 9.59 Å². The van der Waals surface area contributed by atoms with E-state index in [2.05, 4.69) is 53.3 Å². The number of hydrogen-bond acceptors (Lipinski definition) is 4. The number of nitrogens with zero attached hydrogens (tertiary/aromatic N) is 3. The van der Waals surface area contributed by atoms with Gasteiger partial charge in [0.2, 0.25) is 11.8 Å². The molecule has 0 saturated carbocycles. The second-order valence-corrected chi connectivity index (χ2v) is 8.57. The van der Waals surface area contributed by atoms with Gasteiger partial charge in [-0.15, -0.1) is 0 Å². The first-order valence-electron chi connectivity index (χ1n) is 9.81. The van der Waals surface area contributed by atoms with Gasteiger partial charge in [0.1, 0.15) is 0 Å². The number of likely N-dealkylation sites (N-methyl/N-ethyl adjacent to an activating group) is 1. The Morgan fingerprint density at radius 3 is 2.70 bits per heavy atom. The molecule has 1 unspecified atom stereocenters. The molecular formula is C21H26N4O2. The molecule has 1 N–H and O–H groups in total. The molecule has 142 valence electrons. The monoisotopic (exact) mass is 366 g/mol. The highest BCUT2D eigenvalue weighted by molar-refractivity contribution is 5.99. The van der Waals surface area contributed by atoms with Crippen LogP contribution in [0.2, 0.25) is 0 Å². The predicted octanol–water partition coefficient (Wildman–Crippen LogP) is 1.10. The third-order valence-corrected chi connectivity index (χ3v) is 6.65. The van der Waals surface area contributed by atoms with Crippen LogP contribution in [0.15, 0.2) is 24.4 Å². The second kappa shape index (κ2) is 6.17. The molecule has 3 heterocycles. The number of carbonyl (C=O) groups excluding carboxylic acids is 2. The van der Waals surface area contributed by atoms with Crippen molar-refractivity contribution in [2.75, 3.05) is 33.2 Å². The summed E-state index contributed by atoms with van der Waals surface area (Å²) in [5, 5.41) is 3.84. The number of piperidine rings is 1. The van der Waals surface area contributed by atoms with E-state index in [0.29, 0.717) is 31.0 Å². The molecule has 5 rings (SSSR count). The highest BCUT2D eigenvalue weighted by Gasteiger charge is 2.40. The normalized spacial score (nSPS) is 29.0. The molecule has 0 spiro atoms. The molecule has 27 heavy (non-hydrogen) atoms. The summed E-state index contributed by atoms with van der Waals surface area (Å²) in [6.07, 6.45) is 4.52. The Labute approximate surface area is 159 Å². The highest BCUT2D eigenvalue weighted by atomic mass is 16.2. The van der Waals surface area contributed by atoms with Crippen LogP contribution in [-0.2, 0) is 23.1 Å². The summed E-state index contributed by atoms with van der Waals surface area (Å²) < 4.78 is 2.25. The van der Waals surface area contributed by atoms with Crippen LogP contribution in [0, 0.1) is 5.92 Å². The van der Waals surface area contributed by atoms with E-state index in [1.165, 1.54) is 22.0 Å². The third kappa shape index (κ3) is 2.78. The number of aryl methyl sites for hydroxylation is 1. The minimum absolute atomic E-state index is 0.176. The van der Waals surface area contributed by atoms with Crippen LogP contribution in [0.4, 0.5) is 0 Å². The molecule has 3 aliphatic rings. The number of rotatable bonds is 2. The van der Waals surface area contributed by atoms with Crippen molar-refractivity contribution in [3.8, 4) is 0 Å². The number of fused-ring (bicyclic) bond motifs is 2. The molecule has 0 bridgehead atoms. The van der Waals surface area contributed by atoms with Crippen molar-refractivity contribution in [3.63, 3.8) is 0 Å². The van der Waals surface area contributed by atoms with Crippen molar-refractivity contribution >= 4 is 22.7 Å². The second-order valence-electron chi connectivity index (χ2n) is 8.57. The fourth-order valence-corrected chi connectivity index (χ4v) is 5.65. The number of aromatic nitrogens is 1. The largest absolute Gasteiger partial charge is 0.350 e. The number of hydrogen-bond donors (Lipinski definition) is 1. The maximum Gasteiger partial charge on any atom is 0.240 e. The molecule has 2 aliphatic heterocycles. The molecular weight excluding hydrogens is 340 g/mol. The Morgan fingerprint density at radius 1 is 1.15 bits per heavy atom. The summed E-state index contributed by atoms with van der Waals surface area (Å²) in [7, 11) is 4.36. The Hall–Kier alpha value is -2.18. The van der Waals surface area contributed by atoms with Crippen molar-refractivity contribution < 1.29 is 9.59 Å². The molecule has 1 aliphatic carbocycles. The minimum atomic E-state index is -0.176. The number of imide groups is 1. The van der Waals surface area contributed by atoms with Crippen LogP contribution in [0.25, 0.3) is 10.9 Å². The molecule has 2 aromatic rings. The van der Waals surface area contributed by atoms with Gasteiger partial charge in [0.25, 0.3) is 0 Å². The first kappa shape index (κ1) is 17.0. The van der Waals surface area contributed by atoms with E-state index in [-0.39, 0.29) is 11.8 Å². The third-order valence-electron chi connectivity index (χ3n) is 6.65. The SMILES string of the molecule is CN1CC(CN2CC(=O)NC(=O)C2)C[C@@H]2c3cccc4c3c(cn4C)C[C@H]21. The zero-order valence-corrected chi connectivity index (χ0v) is 15.9. The Bertz CT molecular complexity index is 918. The number of piperazine rings is 1. The maximum atomic E-state index is 11.7. The van der Waals surface area contributed by atoms with Crippen LogP contribution in [0.5, 0.6) is 0 Å². The molecule has 3 atom stereocenters. The van der Waals surface area contributed by atoms with E-state index < -0.39 is 0 Å². The molecule has 0 radical (unpaired) electrons. The highest BCUT2D eigenvalue weighted by Crippen LogP contribution is 2.44. The Morgan fingerprint density at radius 2 is 1.93 bits per heavy atom. The average molecular weight is 366 g/mol. The van der Waals surface area contributed by atoms with E-state index in [1.54, 1.807) is 0 Å². The van der Waals surface area contributed by atoms with Gasteiger partial charge in [0.15, 0.2) is 0 Å². The summed E-state index contributed by atoms with van der Waals surface area (Å²) in [6.45, 7) is 2.49. The number of carbonyl (C=O) groups is 2. The molecule has 6 heteroatoms. The lowest BCUT2D eigenvalue weighted by molar-refractivity contribution is -0.136. The Balaban J connectivity index is 1.43. The van der Waals surface area contributed by atoms with Crippen LogP contribution < -0.4 is 5.32 Å². The fourth-order valence-electron chi connectivity index (χ4n) is 5.65. The molecule has 1 aromatic carbocycles. The fraction of sp³-hybridized carbons (Fsp3) is 0.524. The first-order chi connectivity index (χ1) is 13.0. The number of nitrogens with one attached hydrogen (secondary N) is 1. The van der Waals surface area contributed by atoms with E-state index in [0.717, 1.165) is 25.9 Å². The van der Waals surface area contributed by atoms with Gasteiger partial charge in [-0.2, -0.15) is 0 Å². The maximum absolute atomic E-state index is 11.7. The van der Waals surface area contributed by atoms with E-state index in [4.69, 9.17) is 0 Å². The topological polar surface area (TPSA) is 57.6 Å². The standard InChI is InChI=1S/C21H26N4O2/c1-23-8-13(9-25-11-19(26)22-20(27)12-25)6-16-15-4-3-5-17-21(15)14(7-18(16)23)10-24(17)2/h3-5,10,13,16,18H,6-9,11-12H2,1-2H3,(H,22,26,27)/t13?,16-,18-/m1/s1. The van der Waals surface area contributed by atoms with Crippen molar-refractivity contribution in [3.05, 3.63) is 35.5 Å². The molecule has 1 aromatic heterocycles. The summed E-state index contributed by atoms with van der Waals surface area (Å²) in [6, 6.07) is 7.23. The summed E-state index contributed by atoms with van der Waals surface area (Å²) in [4.78, 5) is 27.9. The lowest BCUT2D eigenvalue weighted by atomic mass is 9.72. The van der Waals surface area contributed by atoms with Gasteiger partial charge < -0.3 is 9.47 Å². The van der Waals surface area contributed by atoms with Crippen molar-refractivity contribution in [2.24, 2.45) is 13.0 Å². The number of amides is 2. The lowest BCUT2D eigenvalue weighted by Crippen LogP contribution is -2.55. The first-order valence-corrected chi connectivity index (χ1v) is 9.81. The molecule has 2 amide bonds. The quantitative estimate of drug-likeness (QED) is 0.809. The van der Waals surface area contributed by atoms with Gasteiger partial charge in [-0.1, -0.05) is 12.1 Å². The Kier molecular flexibility index (Phi) is 3.88. The smallest absolute Gasteiger partial charge is 0.240 e. The van der Waals surface area contributed by atoms with Crippen molar-refractivity contribution in [1.82, 2.24) is 19.7 Å². The van der Waals surface area contributed by atoms with Gasteiger partial charge in [0, 0.05) is 49.2 Å². The molecule has 6 nitrogen and oxygen atoms in total. The molecule has 2 fully saturated rings.